The summed E-state index contributed by atoms with van der Waals surface area (Å²) >= 11 is 0. The molecule has 10 unspecified atom stereocenters. The average molecular weight is 1060 g/mol. The number of hydrogen-bond donors (Lipinski definition) is 4. The first-order valence-electron chi connectivity index (χ1n) is 31.6. The smallest absolute Gasteiger partial charge is 0.155 e. The zero-order valence-electron chi connectivity index (χ0n) is 51.8. The first-order chi connectivity index (χ1) is 36.2. The highest BCUT2D eigenvalue weighted by molar-refractivity contribution is 5.91. The van der Waals surface area contributed by atoms with Crippen molar-refractivity contribution in [3.05, 3.63) is 82.0 Å². The van der Waals surface area contributed by atoms with Gasteiger partial charge in [0, 0.05) is 12.8 Å². The van der Waals surface area contributed by atoms with Crippen molar-refractivity contribution < 1.29 is 30.0 Å². The number of carbonyl (C=O) groups excluding carboxylic acids is 2. The number of carbonyl (C=O) groups is 2. The van der Waals surface area contributed by atoms with Gasteiger partial charge >= 0.3 is 0 Å². The van der Waals surface area contributed by atoms with Crippen molar-refractivity contribution in [1.82, 2.24) is 0 Å². The fourth-order valence-corrected chi connectivity index (χ4v) is 12.9. The van der Waals surface area contributed by atoms with Crippen LogP contribution in [0.3, 0.4) is 0 Å². The molecule has 76 heavy (non-hydrogen) atoms. The van der Waals surface area contributed by atoms with E-state index in [9.17, 15) is 30.0 Å². The Bertz CT molecular complexity index is 1770. The normalized spacial score (nSPS) is 27.4. The molecule has 0 amide bonds. The molecule has 6 aliphatic rings. The van der Waals surface area contributed by atoms with Crippen LogP contribution in [0.25, 0.3) is 0 Å². The molecule has 0 bridgehead atoms. The van der Waals surface area contributed by atoms with Gasteiger partial charge in [0.25, 0.3) is 0 Å². The summed E-state index contributed by atoms with van der Waals surface area (Å²) in [5.74, 6) is 5.56. The van der Waals surface area contributed by atoms with Gasteiger partial charge in [0.2, 0.25) is 0 Å². The number of ketones is 2. The third kappa shape index (κ3) is 37.3. The number of allylic oxidation sites excluding steroid dienone is 10. The number of hydrogen-bond acceptors (Lipinski definition) is 6. The highest BCUT2D eigenvalue weighted by Gasteiger charge is 2.23. The molecule has 0 heterocycles. The maximum Gasteiger partial charge on any atom is 0.155 e. The van der Waals surface area contributed by atoms with Crippen LogP contribution in [0.2, 0.25) is 0 Å². The van der Waals surface area contributed by atoms with Gasteiger partial charge in [-0.05, 0) is 191 Å². The highest BCUT2D eigenvalue weighted by Crippen LogP contribution is 2.32. The Morgan fingerprint density at radius 3 is 1.13 bits per heavy atom. The van der Waals surface area contributed by atoms with Crippen LogP contribution in [0, 0.1) is 41.4 Å². The van der Waals surface area contributed by atoms with E-state index >= 15 is 0 Å². The second-order valence-corrected chi connectivity index (χ2v) is 25.4. The van der Waals surface area contributed by atoms with Gasteiger partial charge < -0.3 is 20.4 Å². The quantitative estimate of drug-likeness (QED) is 0.0713. The molecular weight excluding hydrogens is 937 g/mol. The number of aliphatic hydroxyl groups is 4. The van der Waals surface area contributed by atoms with Gasteiger partial charge in [-0.25, -0.2) is 0 Å². The maximum absolute atomic E-state index is 11.3. The minimum atomic E-state index is -0.178. The van der Waals surface area contributed by atoms with Crippen molar-refractivity contribution >= 4 is 11.6 Å². The number of aliphatic hydroxyl groups excluding tert-OH is 4. The van der Waals surface area contributed by atoms with Gasteiger partial charge in [-0.1, -0.05) is 202 Å². The number of rotatable bonds is 20. The molecule has 0 aliphatic heterocycles. The van der Waals surface area contributed by atoms with Crippen LogP contribution < -0.4 is 0 Å². The van der Waals surface area contributed by atoms with Crippen molar-refractivity contribution in [2.45, 2.75) is 307 Å². The lowest BCUT2D eigenvalue weighted by Gasteiger charge is -2.25. The molecule has 0 saturated heterocycles. The SMILES string of the molecule is CC/C=C\CCC1CC(=O)C=C(C)C1.CC1=CC(O)CC(CC(C)C)C1.CCCC1CC(=O)C=C(C)C1.CCCC1CC(C)=CC(O)C1.CCCCCC1CC(C)=CC(O)C1.CCCCCCCC1CC(C)=CC(O)C1. The molecule has 4 N–H and O–H groups in total. The van der Waals surface area contributed by atoms with E-state index in [1.807, 2.05) is 24.3 Å². The lowest BCUT2D eigenvalue weighted by Crippen LogP contribution is -2.18. The third-order valence-electron chi connectivity index (χ3n) is 15.9. The number of unbranched alkanes of at least 4 members (excludes halogenated alkanes) is 6. The van der Waals surface area contributed by atoms with Crippen molar-refractivity contribution in [2.24, 2.45) is 41.4 Å². The van der Waals surface area contributed by atoms with Crippen molar-refractivity contribution in [1.29, 1.82) is 0 Å². The van der Waals surface area contributed by atoms with E-state index in [1.54, 1.807) is 12.2 Å². The minimum absolute atomic E-state index is 0.166. The monoisotopic (exact) mass is 1060 g/mol. The predicted octanol–water partition coefficient (Wildman–Crippen LogP) is 19.0. The van der Waals surface area contributed by atoms with Crippen LogP contribution in [-0.2, 0) is 9.59 Å². The van der Waals surface area contributed by atoms with E-state index in [4.69, 9.17) is 0 Å². The molecule has 0 fully saturated rings. The fraction of sp³-hybridized carbons (Fsp3) is 0.771. The molecule has 0 aromatic rings. The van der Waals surface area contributed by atoms with Gasteiger partial charge in [-0.3, -0.25) is 9.59 Å². The first-order valence-corrected chi connectivity index (χ1v) is 31.6. The molecular formula is C70H122O6. The Labute approximate surface area is 470 Å². The van der Waals surface area contributed by atoms with E-state index in [1.165, 1.54) is 155 Å². The lowest BCUT2D eigenvalue weighted by atomic mass is 9.83. The van der Waals surface area contributed by atoms with Crippen molar-refractivity contribution in [3.8, 4) is 0 Å². The molecule has 6 aliphatic carbocycles. The zero-order valence-corrected chi connectivity index (χ0v) is 51.8. The zero-order chi connectivity index (χ0) is 56.8. The van der Waals surface area contributed by atoms with Crippen LogP contribution in [-0.4, -0.2) is 56.4 Å². The summed E-state index contributed by atoms with van der Waals surface area (Å²) in [6.07, 6.45) is 50.9. The summed E-state index contributed by atoms with van der Waals surface area (Å²) in [7, 11) is 0. The lowest BCUT2D eigenvalue weighted by molar-refractivity contribution is -0.116. The molecule has 6 heteroatoms. The molecule has 6 nitrogen and oxygen atoms in total. The third-order valence-corrected chi connectivity index (χ3v) is 15.9. The summed E-state index contributed by atoms with van der Waals surface area (Å²) in [5, 5.41) is 38.0. The van der Waals surface area contributed by atoms with E-state index in [2.05, 4.69) is 102 Å². The van der Waals surface area contributed by atoms with E-state index in [0.717, 1.165) is 94.3 Å². The molecule has 438 valence electrons. The molecule has 0 aromatic heterocycles. The van der Waals surface area contributed by atoms with E-state index < -0.39 is 0 Å². The Kier molecular flexibility index (Phi) is 40.6. The molecule has 0 aromatic carbocycles. The summed E-state index contributed by atoms with van der Waals surface area (Å²) in [4.78, 5) is 22.4. The fourth-order valence-electron chi connectivity index (χ4n) is 12.9. The summed E-state index contributed by atoms with van der Waals surface area (Å²) in [6.45, 7) is 28.2. The Hall–Kier alpha value is -2.64. The summed E-state index contributed by atoms with van der Waals surface area (Å²) < 4.78 is 0. The van der Waals surface area contributed by atoms with Crippen LogP contribution >= 0.6 is 0 Å². The van der Waals surface area contributed by atoms with Crippen molar-refractivity contribution in [2.75, 3.05) is 0 Å². The Balaban J connectivity index is 0.000000458. The summed E-state index contributed by atoms with van der Waals surface area (Å²) in [5.41, 5.74) is 8.00. The predicted molar refractivity (Wildman–Crippen MR) is 328 cm³/mol. The first kappa shape index (κ1) is 71.4. The van der Waals surface area contributed by atoms with Crippen LogP contribution in [0.4, 0.5) is 0 Å². The molecule has 0 radical (unpaired) electrons. The van der Waals surface area contributed by atoms with E-state index in [0.29, 0.717) is 29.3 Å². The van der Waals surface area contributed by atoms with Crippen LogP contribution in [0.1, 0.15) is 283 Å². The largest absolute Gasteiger partial charge is 0.389 e. The summed E-state index contributed by atoms with van der Waals surface area (Å²) in [6, 6.07) is 0. The molecule has 0 saturated carbocycles. The van der Waals surface area contributed by atoms with Gasteiger partial charge in [0.15, 0.2) is 11.6 Å². The van der Waals surface area contributed by atoms with E-state index in [-0.39, 0.29) is 24.4 Å². The van der Waals surface area contributed by atoms with Crippen LogP contribution in [0.15, 0.2) is 82.0 Å². The van der Waals surface area contributed by atoms with Crippen molar-refractivity contribution in [3.63, 3.8) is 0 Å². The second-order valence-electron chi connectivity index (χ2n) is 25.4. The van der Waals surface area contributed by atoms with Gasteiger partial charge in [-0.2, -0.15) is 0 Å². The maximum atomic E-state index is 11.3. The minimum Gasteiger partial charge on any atom is -0.389 e. The second kappa shape index (κ2) is 43.2. The molecule has 10 atom stereocenters. The van der Waals surface area contributed by atoms with Crippen LogP contribution in [0.5, 0.6) is 0 Å². The molecule has 0 spiro atoms. The molecule has 6 rings (SSSR count). The standard InChI is InChI=1S/C14H26O.C13H20O.C12H22O.C11H20O.C10H18O.C10H16O/c1-3-4-5-6-7-8-13-9-12(2)10-14(15)11-13;1-3-4-5-6-7-12-8-11(2)9-13(14)10-12;1-3-4-5-6-11-7-10(2)8-12(13)9-11;1-8(2)4-10-5-9(3)6-11(12)7-10;2*1-3-4-9-5-8(2)6-10(11)7-9/h10,13-15H,3-9,11H2,1-2H3;4-5,9,12H,3,6-8,10H2,1-2H3;8,11-13H,3-7,9H2,1-2H3;6,8,10-12H,4-5,7H2,1-3H3;6,9-11H,3-5,7H2,1-2H3;6,9H,3-5,7H2,1-2H3/b;5-4-;;;;. The Morgan fingerprint density at radius 2 is 0.750 bits per heavy atom. The van der Waals surface area contributed by atoms with Gasteiger partial charge in [0.1, 0.15) is 0 Å². The Morgan fingerprint density at radius 1 is 0.408 bits per heavy atom. The topological polar surface area (TPSA) is 115 Å². The highest BCUT2D eigenvalue weighted by atomic mass is 16.3. The van der Waals surface area contributed by atoms with Gasteiger partial charge in [0.05, 0.1) is 24.4 Å². The van der Waals surface area contributed by atoms with Gasteiger partial charge in [-0.15, -0.1) is 0 Å². The average Bonchev–Trinajstić information content (AvgIpc) is 3.30.